The molecule has 0 fully saturated rings. The highest BCUT2D eigenvalue weighted by Gasteiger charge is 2.06. The van der Waals surface area contributed by atoms with E-state index in [1.165, 1.54) is 12.1 Å². The summed E-state index contributed by atoms with van der Waals surface area (Å²) < 4.78 is 18.8. The van der Waals surface area contributed by atoms with Gasteiger partial charge in [0.2, 0.25) is 0 Å². The van der Waals surface area contributed by atoms with Crippen molar-refractivity contribution in [1.82, 2.24) is 0 Å². The maximum atomic E-state index is 13.1. The van der Waals surface area contributed by atoms with Crippen molar-refractivity contribution in [2.75, 3.05) is 0 Å². The minimum Gasteiger partial charge on any atom is -0.457 e. The Hall–Kier alpha value is -1.87. The second kappa shape index (κ2) is 5.65. The zero-order chi connectivity index (χ0) is 13.0. The van der Waals surface area contributed by atoms with Gasteiger partial charge in [0.25, 0.3) is 0 Å². The molecule has 2 N–H and O–H groups in total. The summed E-state index contributed by atoms with van der Waals surface area (Å²) >= 11 is 0. The molecule has 0 saturated heterocycles. The quantitative estimate of drug-likeness (QED) is 0.894. The molecule has 1 atom stereocenters. The monoisotopic (exact) mass is 245 g/mol. The maximum Gasteiger partial charge on any atom is 0.130 e. The summed E-state index contributed by atoms with van der Waals surface area (Å²) in [6, 6.07) is 13.8. The molecule has 0 aliphatic carbocycles. The first-order valence-corrected chi connectivity index (χ1v) is 5.92. The molecule has 1 unspecified atom stereocenters. The molecule has 2 aromatic rings. The van der Waals surface area contributed by atoms with Crippen molar-refractivity contribution in [2.24, 2.45) is 5.73 Å². The summed E-state index contributed by atoms with van der Waals surface area (Å²) in [5.41, 5.74) is 6.82. The molecule has 0 bridgehead atoms. The minimum atomic E-state index is -0.308. The second-order valence-electron chi connectivity index (χ2n) is 4.35. The summed E-state index contributed by atoms with van der Waals surface area (Å²) in [5, 5.41) is 0. The van der Waals surface area contributed by atoms with Crippen LogP contribution in [0.1, 0.15) is 12.5 Å². The molecule has 0 saturated carbocycles. The zero-order valence-electron chi connectivity index (χ0n) is 10.3. The topological polar surface area (TPSA) is 35.2 Å². The average Bonchev–Trinajstić information content (AvgIpc) is 2.31. The van der Waals surface area contributed by atoms with Crippen LogP contribution in [-0.2, 0) is 6.42 Å². The van der Waals surface area contributed by atoms with E-state index >= 15 is 0 Å². The van der Waals surface area contributed by atoms with Crippen LogP contribution in [0.15, 0.2) is 48.5 Å². The van der Waals surface area contributed by atoms with Gasteiger partial charge in [-0.2, -0.15) is 0 Å². The third-order valence-corrected chi connectivity index (χ3v) is 2.54. The van der Waals surface area contributed by atoms with Crippen LogP contribution in [0.5, 0.6) is 11.5 Å². The maximum absolute atomic E-state index is 13.1. The smallest absolute Gasteiger partial charge is 0.130 e. The number of halogens is 1. The van der Waals surface area contributed by atoms with Gasteiger partial charge in [-0.05, 0) is 37.1 Å². The molecule has 0 spiro atoms. The van der Waals surface area contributed by atoms with Gasteiger partial charge in [-0.1, -0.05) is 24.3 Å². The van der Waals surface area contributed by atoms with Gasteiger partial charge >= 0.3 is 0 Å². The molecular weight excluding hydrogens is 229 g/mol. The molecule has 0 radical (unpaired) electrons. The van der Waals surface area contributed by atoms with Crippen LogP contribution in [0.3, 0.4) is 0 Å². The number of rotatable bonds is 4. The SMILES string of the molecule is CC(N)Cc1ccccc1Oc1cccc(F)c1. The number of ether oxygens (including phenoxy) is 1. The lowest BCUT2D eigenvalue weighted by atomic mass is 10.1. The molecular formula is C15H16FNO. The Morgan fingerprint density at radius 1 is 1.17 bits per heavy atom. The fourth-order valence-electron chi connectivity index (χ4n) is 1.78. The molecule has 94 valence electrons. The number of para-hydroxylation sites is 1. The van der Waals surface area contributed by atoms with E-state index in [-0.39, 0.29) is 11.9 Å². The number of benzene rings is 2. The van der Waals surface area contributed by atoms with E-state index in [2.05, 4.69) is 0 Å². The van der Waals surface area contributed by atoms with Gasteiger partial charge in [0.05, 0.1) is 0 Å². The predicted octanol–water partition coefficient (Wildman–Crippen LogP) is 3.51. The normalized spacial score (nSPS) is 12.2. The largest absolute Gasteiger partial charge is 0.457 e. The molecule has 0 aromatic heterocycles. The van der Waals surface area contributed by atoms with Gasteiger partial charge in [-0.3, -0.25) is 0 Å². The summed E-state index contributed by atoms with van der Waals surface area (Å²) in [6.07, 6.45) is 0.728. The molecule has 3 heteroatoms. The van der Waals surface area contributed by atoms with Crippen molar-refractivity contribution in [1.29, 1.82) is 0 Å². The van der Waals surface area contributed by atoms with Crippen molar-refractivity contribution in [3.8, 4) is 11.5 Å². The van der Waals surface area contributed by atoms with E-state index in [0.29, 0.717) is 5.75 Å². The first-order valence-electron chi connectivity index (χ1n) is 5.92. The van der Waals surface area contributed by atoms with E-state index in [1.807, 2.05) is 31.2 Å². The molecule has 0 amide bonds. The lowest BCUT2D eigenvalue weighted by Gasteiger charge is -2.12. The predicted molar refractivity (Wildman–Crippen MR) is 70.3 cm³/mol. The van der Waals surface area contributed by atoms with Gasteiger partial charge in [-0.25, -0.2) is 4.39 Å². The standard InChI is InChI=1S/C15H16FNO/c1-11(17)9-12-5-2-3-8-15(12)18-14-7-4-6-13(16)10-14/h2-8,10-11H,9,17H2,1H3. The van der Waals surface area contributed by atoms with Crippen LogP contribution in [0.25, 0.3) is 0 Å². The van der Waals surface area contributed by atoms with Gasteiger partial charge < -0.3 is 10.5 Å². The van der Waals surface area contributed by atoms with E-state index in [1.54, 1.807) is 12.1 Å². The number of nitrogens with two attached hydrogens (primary N) is 1. The lowest BCUT2D eigenvalue weighted by molar-refractivity contribution is 0.468. The lowest BCUT2D eigenvalue weighted by Crippen LogP contribution is -2.18. The molecule has 2 rings (SSSR count). The summed E-state index contributed by atoms with van der Waals surface area (Å²) in [5.74, 6) is 0.907. The van der Waals surface area contributed by atoms with Crippen molar-refractivity contribution in [3.05, 3.63) is 59.9 Å². The highest BCUT2D eigenvalue weighted by molar-refractivity contribution is 5.38. The van der Waals surface area contributed by atoms with Crippen LogP contribution >= 0.6 is 0 Å². The van der Waals surface area contributed by atoms with Gasteiger partial charge in [0.1, 0.15) is 17.3 Å². The van der Waals surface area contributed by atoms with Gasteiger partial charge in [0, 0.05) is 12.1 Å². The number of hydrogen-bond donors (Lipinski definition) is 1. The van der Waals surface area contributed by atoms with Gasteiger partial charge in [-0.15, -0.1) is 0 Å². The average molecular weight is 245 g/mol. The first-order chi connectivity index (χ1) is 8.65. The molecule has 18 heavy (non-hydrogen) atoms. The van der Waals surface area contributed by atoms with Crippen molar-refractivity contribution in [3.63, 3.8) is 0 Å². The Morgan fingerprint density at radius 3 is 2.67 bits per heavy atom. The highest BCUT2D eigenvalue weighted by Crippen LogP contribution is 2.26. The summed E-state index contributed by atoms with van der Waals surface area (Å²) in [7, 11) is 0. The van der Waals surface area contributed by atoms with Gasteiger partial charge in [0.15, 0.2) is 0 Å². The Morgan fingerprint density at radius 2 is 1.94 bits per heavy atom. The minimum absolute atomic E-state index is 0.0576. The van der Waals surface area contributed by atoms with Crippen LogP contribution in [0.4, 0.5) is 4.39 Å². The van der Waals surface area contributed by atoms with E-state index in [0.717, 1.165) is 17.7 Å². The van der Waals surface area contributed by atoms with Crippen LogP contribution in [0, 0.1) is 5.82 Å². The van der Waals surface area contributed by atoms with Crippen molar-refractivity contribution in [2.45, 2.75) is 19.4 Å². The highest BCUT2D eigenvalue weighted by atomic mass is 19.1. The van der Waals surface area contributed by atoms with Crippen molar-refractivity contribution < 1.29 is 9.13 Å². The Kier molecular flexibility index (Phi) is 3.95. The summed E-state index contributed by atoms with van der Waals surface area (Å²) in [4.78, 5) is 0. The third kappa shape index (κ3) is 3.31. The molecule has 0 heterocycles. The summed E-state index contributed by atoms with van der Waals surface area (Å²) in [6.45, 7) is 1.94. The van der Waals surface area contributed by atoms with E-state index in [9.17, 15) is 4.39 Å². The van der Waals surface area contributed by atoms with Crippen LogP contribution in [-0.4, -0.2) is 6.04 Å². The van der Waals surface area contributed by atoms with Crippen LogP contribution < -0.4 is 10.5 Å². The van der Waals surface area contributed by atoms with Crippen molar-refractivity contribution >= 4 is 0 Å². The van der Waals surface area contributed by atoms with E-state index in [4.69, 9.17) is 10.5 Å². The van der Waals surface area contributed by atoms with E-state index < -0.39 is 0 Å². The van der Waals surface area contributed by atoms with Crippen LogP contribution in [0.2, 0.25) is 0 Å². The Labute approximate surface area is 106 Å². The molecule has 2 nitrogen and oxygen atoms in total. The number of hydrogen-bond acceptors (Lipinski definition) is 2. The Balaban J connectivity index is 2.23. The first kappa shape index (κ1) is 12.6. The molecule has 0 aliphatic rings. The molecule has 0 aliphatic heterocycles. The Bertz CT molecular complexity index is 525. The fraction of sp³-hybridized carbons (Fsp3) is 0.200. The third-order valence-electron chi connectivity index (χ3n) is 2.54. The zero-order valence-corrected chi connectivity index (χ0v) is 10.3. The molecule has 2 aromatic carbocycles. The fourth-order valence-corrected chi connectivity index (χ4v) is 1.78. The second-order valence-corrected chi connectivity index (χ2v) is 4.35.